The van der Waals surface area contributed by atoms with E-state index in [2.05, 4.69) is 77.0 Å². The number of hydrogen-bond donors (Lipinski definition) is 1. The van der Waals surface area contributed by atoms with Gasteiger partial charge in [0.05, 0.1) is 12.2 Å². The first-order chi connectivity index (χ1) is 19.4. The van der Waals surface area contributed by atoms with Gasteiger partial charge in [0.2, 0.25) is 5.91 Å². The monoisotopic (exact) mass is 538 g/mol. The molecule has 3 aliphatic rings. The number of nitrogens with zero attached hydrogens (tertiary/aromatic N) is 5. The Hall–Kier alpha value is -3.91. The normalized spacial score (nSPS) is 19.6. The van der Waals surface area contributed by atoms with Crippen LogP contribution in [0, 0.1) is 6.92 Å². The van der Waals surface area contributed by atoms with E-state index < -0.39 is 0 Å². The van der Waals surface area contributed by atoms with Crippen molar-refractivity contribution in [3.63, 3.8) is 0 Å². The Morgan fingerprint density at radius 1 is 1.00 bits per heavy atom. The van der Waals surface area contributed by atoms with Crippen LogP contribution in [0.1, 0.15) is 33.7 Å². The summed E-state index contributed by atoms with van der Waals surface area (Å²) in [5.74, 6) is -0.137. The molecule has 0 aliphatic carbocycles. The molecular formula is C32H38N6O2. The number of fused-ring (bicyclic) bond motifs is 2. The minimum Gasteiger partial charge on any atom is -0.368 e. The molecule has 2 saturated heterocycles. The van der Waals surface area contributed by atoms with Crippen LogP contribution in [-0.4, -0.2) is 85.5 Å². The number of benzene rings is 2. The van der Waals surface area contributed by atoms with Gasteiger partial charge in [-0.25, -0.2) is 4.98 Å². The van der Waals surface area contributed by atoms with Crippen LogP contribution >= 0.6 is 0 Å². The Balaban J connectivity index is 1.34. The van der Waals surface area contributed by atoms with Gasteiger partial charge < -0.3 is 24.9 Å². The van der Waals surface area contributed by atoms with Crippen molar-refractivity contribution in [3.05, 3.63) is 77.6 Å². The zero-order valence-corrected chi connectivity index (χ0v) is 23.5. The third-order valence-corrected chi connectivity index (χ3v) is 8.66. The van der Waals surface area contributed by atoms with E-state index in [1.807, 2.05) is 11.0 Å². The molecule has 0 saturated carbocycles. The predicted molar refractivity (Wildman–Crippen MR) is 160 cm³/mol. The minimum absolute atomic E-state index is 0.0287. The highest BCUT2D eigenvalue weighted by Crippen LogP contribution is 2.35. The van der Waals surface area contributed by atoms with Crippen molar-refractivity contribution in [1.82, 2.24) is 20.1 Å². The number of hydrogen-bond acceptors (Lipinski definition) is 6. The van der Waals surface area contributed by atoms with Crippen LogP contribution in [0.4, 0.5) is 11.4 Å². The topological polar surface area (TPSA) is 72.0 Å². The number of aromatic nitrogens is 1. The summed E-state index contributed by atoms with van der Waals surface area (Å²) in [6.45, 7) is 11.9. The summed E-state index contributed by atoms with van der Waals surface area (Å²) in [7, 11) is 2.09. The molecule has 2 amide bonds. The average molecular weight is 539 g/mol. The van der Waals surface area contributed by atoms with Gasteiger partial charge >= 0.3 is 0 Å². The van der Waals surface area contributed by atoms with Crippen molar-refractivity contribution in [2.45, 2.75) is 32.4 Å². The molecule has 0 radical (unpaired) electrons. The lowest BCUT2D eigenvalue weighted by Crippen LogP contribution is -2.49. The van der Waals surface area contributed by atoms with Crippen LogP contribution in [0.2, 0.25) is 0 Å². The molecule has 1 N–H and O–H groups in total. The summed E-state index contributed by atoms with van der Waals surface area (Å²) >= 11 is 0. The molecular weight excluding hydrogens is 500 g/mol. The molecule has 2 aromatic carbocycles. The van der Waals surface area contributed by atoms with Crippen molar-refractivity contribution in [1.29, 1.82) is 0 Å². The largest absolute Gasteiger partial charge is 0.368 e. The summed E-state index contributed by atoms with van der Waals surface area (Å²) < 4.78 is 0. The second-order valence-corrected chi connectivity index (χ2v) is 11.3. The average Bonchev–Trinajstić information content (AvgIpc) is 3.39. The molecule has 1 atom stereocenters. The summed E-state index contributed by atoms with van der Waals surface area (Å²) in [6, 6.07) is 15.1. The second-order valence-electron chi connectivity index (χ2n) is 11.3. The van der Waals surface area contributed by atoms with Crippen molar-refractivity contribution in [3.8, 4) is 0 Å². The van der Waals surface area contributed by atoms with E-state index in [0.29, 0.717) is 25.3 Å². The quantitative estimate of drug-likeness (QED) is 0.503. The highest BCUT2D eigenvalue weighted by atomic mass is 16.2. The van der Waals surface area contributed by atoms with Crippen molar-refractivity contribution >= 4 is 34.0 Å². The number of aryl methyl sites for hydroxylation is 1. The van der Waals surface area contributed by atoms with Crippen LogP contribution in [0.5, 0.6) is 0 Å². The van der Waals surface area contributed by atoms with E-state index in [0.717, 1.165) is 56.9 Å². The van der Waals surface area contributed by atoms with E-state index in [9.17, 15) is 9.59 Å². The predicted octanol–water partition coefficient (Wildman–Crippen LogP) is 3.37. The van der Waals surface area contributed by atoms with Crippen LogP contribution < -0.4 is 15.1 Å². The Labute approximate surface area is 236 Å². The van der Waals surface area contributed by atoms with Gasteiger partial charge in [0.1, 0.15) is 5.69 Å². The number of nitrogens with one attached hydrogen (secondary N) is 1. The molecule has 0 spiro atoms. The van der Waals surface area contributed by atoms with E-state index >= 15 is 0 Å². The standard InChI is InChI=1S/C32H38N6O2/c1-4-30(39)37-17-15-36(16-18-37)29-19-26(32(40)33-24-11-13-35(3)20-24)34-27-21-38(14-12-25(27)29)28-10-6-9-23-8-5-7-22(2)31(23)28/h4-10,19,24H,1,11-18,20-21H2,2-3H3,(H,33,40)/t24-/m0/s1. The molecule has 1 aromatic heterocycles. The maximum absolute atomic E-state index is 13.5. The molecule has 8 heteroatoms. The lowest BCUT2D eigenvalue weighted by molar-refractivity contribution is -0.126. The Morgan fingerprint density at radius 2 is 1.77 bits per heavy atom. The smallest absolute Gasteiger partial charge is 0.270 e. The third-order valence-electron chi connectivity index (χ3n) is 8.66. The first-order valence-corrected chi connectivity index (χ1v) is 14.3. The Morgan fingerprint density at radius 3 is 2.50 bits per heavy atom. The van der Waals surface area contributed by atoms with Gasteiger partial charge in [0.25, 0.3) is 5.91 Å². The van der Waals surface area contributed by atoms with Gasteiger partial charge in [-0.1, -0.05) is 36.9 Å². The van der Waals surface area contributed by atoms with Crippen LogP contribution in [0.3, 0.4) is 0 Å². The number of carbonyl (C=O) groups excluding carboxylic acids is 2. The van der Waals surface area contributed by atoms with Gasteiger partial charge in [-0.05, 0) is 62.5 Å². The number of piperazine rings is 1. The number of anilines is 2. The summed E-state index contributed by atoms with van der Waals surface area (Å²) in [6.07, 6.45) is 3.19. The zero-order valence-electron chi connectivity index (χ0n) is 23.5. The molecule has 0 bridgehead atoms. The van der Waals surface area contributed by atoms with Crippen LogP contribution in [0.25, 0.3) is 10.8 Å². The van der Waals surface area contributed by atoms with Gasteiger partial charge in [-0.3, -0.25) is 9.59 Å². The Kier molecular flexibility index (Phi) is 7.19. The fourth-order valence-corrected chi connectivity index (χ4v) is 6.50. The summed E-state index contributed by atoms with van der Waals surface area (Å²) in [5.41, 5.74) is 6.21. The van der Waals surface area contributed by atoms with Gasteiger partial charge in [0, 0.05) is 67.6 Å². The number of likely N-dealkylation sites (tertiary alicyclic amines) is 1. The molecule has 208 valence electrons. The maximum atomic E-state index is 13.5. The van der Waals surface area contributed by atoms with Gasteiger partial charge in [-0.2, -0.15) is 0 Å². The first kappa shape index (κ1) is 26.3. The zero-order chi connectivity index (χ0) is 27.8. The summed E-state index contributed by atoms with van der Waals surface area (Å²) in [4.78, 5) is 39.5. The molecule has 0 unspecified atom stereocenters. The van der Waals surface area contributed by atoms with Crippen LogP contribution in [0.15, 0.2) is 55.1 Å². The highest BCUT2D eigenvalue weighted by molar-refractivity contribution is 5.97. The van der Waals surface area contributed by atoms with E-state index in [1.165, 1.54) is 33.7 Å². The highest BCUT2D eigenvalue weighted by Gasteiger charge is 2.29. The van der Waals surface area contributed by atoms with Crippen molar-refractivity contribution in [2.75, 3.05) is 62.7 Å². The summed E-state index contributed by atoms with van der Waals surface area (Å²) in [5, 5.41) is 5.74. The van der Waals surface area contributed by atoms with E-state index in [1.54, 1.807) is 0 Å². The van der Waals surface area contributed by atoms with Crippen molar-refractivity contribution in [2.24, 2.45) is 0 Å². The molecule has 6 rings (SSSR count). The second kappa shape index (κ2) is 10.9. The number of likely N-dealkylation sites (N-methyl/N-ethyl adjacent to an activating group) is 1. The number of rotatable bonds is 5. The Bertz CT molecular complexity index is 1460. The first-order valence-electron chi connectivity index (χ1n) is 14.3. The SMILES string of the molecule is C=CC(=O)N1CCN(c2cc(C(=O)N[C@H]3CCN(C)C3)nc3c2CCN(c2cccc4cccc(C)c24)C3)CC1. The number of carbonyl (C=O) groups is 2. The van der Waals surface area contributed by atoms with Gasteiger partial charge in [-0.15, -0.1) is 0 Å². The van der Waals surface area contributed by atoms with Gasteiger partial charge in [0.15, 0.2) is 0 Å². The molecule has 3 aliphatic heterocycles. The van der Waals surface area contributed by atoms with E-state index in [-0.39, 0.29) is 17.9 Å². The van der Waals surface area contributed by atoms with Crippen molar-refractivity contribution < 1.29 is 9.59 Å². The van der Waals surface area contributed by atoms with Crippen LogP contribution in [-0.2, 0) is 17.8 Å². The number of pyridine rings is 1. The molecule has 3 aromatic rings. The van der Waals surface area contributed by atoms with E-state index in [4.69, 9.17) is 4.98 Å². The molecule has 40 heavy (non-hydrogen) atoms. The molecule has 2 fully saturated rings. The fourth-order valence-electron chi connectivity index (χ4n) is 6.50. The lowest BCUT2D eigenvalue weighted by atomic mass is 9.97. The number of amides is 2. The molecule has 8 nitrogen and oxygen atoms in total. The third kappa shape index (κ3) is 5.04. The lowest BCUT2D eigenvalue weighted by Gasteiger charge is -2.39. The molecule has 4 heterocycles. The minimum atomic E-state index is -0.108. The maximum Gasteiger partial charge on any atom is 0.270 e. The fraction of sp³-hybridized carbons (Fsp3) is 0.406.